The van der Waals surface area contributed by atoms with Crippen LogP contribution in [0.2, 0.25) is 0 Å². The normalized spacial score (nSPS) is 14.4. The van der Waals surface area contributed by atoms with E-state index in [2.05, 4.69) is 6.92 Å². The zero-order chi connectivity index (χ0) is 12.8. The molecule has 1 aromatic carbocycles. The van der Waals surface area contributed by atoms with E-state index >= 15 is 0 Å². The van der Waals surface area contributed by atoms with Gasteiger partial charge in [-0.1, -0.05) is 42.6 Å². The van der Waals surface area contributed by atoms with Crippen molar-refractivity contribution in [1.29, 1.82) is 0 Å². The van der Waals surface area contributed by atoms with Crippen LogP contribution in [-0.2, 0) is 10.8 Å². The second-order valence-electron chi connectivity index (χ2n) is 4.24. The van der Waals surface area contributed by atoms with Crippen molar-refractivity contribution >= 4 is 22.4 Å². The lowest BCUT2D eigenvalue weighted by Gasteiger charge is -2.06. The first-order chi connectivity index (χ1) is 8.06. The van der Waals surface area contributed by atoms with Crippen LogP contribution in [-0.4, -0.2) is 4.21 Å². The molecule has 0 spiro atoms. The Kier molecular flexibility index (Phi) is 5.93. The Hall–Kier alpha value is -0.600. The van der Waals surface area contributed by atoms with Crippen molar-refractivity contribution < 1.29 is 4.21 Å². The molecule has 1 nitrogen and oxygen atoms in total. The molecule has 3 heteroatoms. The Morgan fingerprint density at radius 3 is 2.41 bits per heavy atom. The molecule has 0 heterocycles. The van der Waals surface area contributed by atoms with Gasteiger partial charge in [0.2, 0.25) is 0 Å². The molecular formula is C14H19ClOS. The maximum atomic E-state index is 12.2. The van der Waals surface area contributed by atoms with Crippen molar-refractivity contribution in [3.63, 3.8) is 0 Å². The van der Waals surface area contributed by atoms with Gasteiger partial charge in [-0.05, 0) is 44.4 Å². The summed E-state index contributed by atoms with van der Waals surface area (Å²) < 4.78 is 12.7. The first-order valence-electron chi connectivity index (χ1n) is 5.90. The first-order valence-corrected chi connectivity index (χ1v) is 7.42. The molecule has 0 fully saturated rings. The maximum absolute atomic E-state index is 12.2. The van der Waals surface area contributed by atoms with Gasteiger partial charge in [0.05, 0.1) is 10.8 Å². The van der Waals surface area contributed by atoms with Crippen LogP contribution >= 0.6 is 11.6 Å². The lowest BCUT2D eigenvalue weighted by molar-refractivity contribution is 0.687. The molecule has 1 rings (SSSR count). The standard InChI is InChI=1S/C14H19ClOS/c1-4-5-6-12(3)14(15)17(16)13-9-7-11(2)8-10-13/h7-10H,4-6H2,1-3H3/b14-12+. The predicted octanol–water partition coefficient (Wildman–Crippen LogP) is 4.76. The van der Waals surface area contributed by atoms with Crippen molar-refractivity contribution in [1.82, 2.24) is 0 Å². The third kappa shape index (κ3) is 4.29. The molecule has 0 saturated heterocycles. The third-order valence-corrected chi connectivity index (χ3v) is 4.76. The van der Waals surface area contributed by atoms with Gasteiger partial charge in [-0.3, -0.25) is 0 Å². The fourth-order valence-electron chi connectivity index (χ4n) is 1.46. The van der Waals surface area contributed by atoms with Gasteiger partial charge in [0, 0.05) is 4.90 Å². The highest BCUT2D eigenvalue weighted by Gasteiger charge is 2.10. The van der Waals surface area contributed by atoms with E-state index in [-0.39, 0.29) is 0 Å². The van der Waals surface area contributed by atoms with Gasteiger partial charge in [0.25, 0.3) is 0 Å². The van der Waals surface area contributed by atoms with E-state index in [4.69, 9.17) is 11.6 Å². The largest absolute Gasteiger partial charge is 0.248 e. The predicted molar refractivity (Wildman–Crippen MR) is 75.7 cm³/mol. The van der Waals surface area contributed by atoms with E-state index in [0.29, 0.717) is 4.36 Å². The molecule has 0 radical (unpaired) electrons. The summed E-state index contributed by atoms with van der Waals surface area (Å²) in [7, 11) is -1.22. The van der Waals surface area contributed by atoms with E-state index in [9.17, 15) is 4.21 Å². The van der Waals surface area contributed by atoms with Crippen LogP contribution < -0.4 is 0 Å². The molecular weight excluding hydrogens is 252 g/mol. The average molecular weight is 271 g/mol. The van der Waals surface area contributed by atoms with Crippen molar-refractivity contribution in [2.24, 2.45) is 0 Å². The second kappa shape index (κ2) is 6.97. The van der Waals surface area contributed by atoms with E-state index in [1.165, 1.54) is 0 Å². The molecule has 1 aromatic rings. The third-order valence-electron chi connectivity index (χ3n) is 2.64. The van der Waals surface area contributed by atoms with Crippen LogP contribution in [0.4, 0.5) is 0 Å². The molecule has 0 bridgehead atoms. The van der Waals surface area contributed by atoms with Crippen LogP contribution in [0.3, 0.4) is 0 Å². The molecule has 0 saturated carbocycles. The fraction of sp³-hybridized carbons (Fsp3) is 0.429. The number of halogens is 1. The van der Waals surface area contributed by atoms with E-state index < -0.39 is 10.8 Å². The minimum absolute atomic E-state index is 0.488. The summed E-state index contributed by atoms with van der Waals surface area (Å²) in [6.45, 7) is 6.11. The summed E-state index contributed by atoms with van der Waals surface area (Å²) in [6.07, 6.45) is 3.14. The van der Waals surface area contributed by atoms with Crippen LogP contribution in [0, 0.1) is 6.92 Å². The minimum atomic E-state index is -1.22. The summed E-state index contributed by atoms with van der Waals surface area (Å²) >= 11 is 6.17. The van der Waals surface area contributed by atoms with Crippen molar-refractivity contribution in [3.8, 4) is 0 Å². The molecule has 0 aliphatic carbocycles. The monoisotopic (exact) mass is 270 g/mol. The molecule has 1 unspecified atom stereocenters. The van der Waals surface area contributed by atoms with Gasteiger partial charge in [-0.2, -0.15) is 0 Å². The summed E-state index contributed by atoms with van der Waals surface area (Å²) in [6, 6.07) is 7.67. The number of benzene rings is 1. The molecule has 1 atom stereocenters. The van der Waals surface area contributed by atoms with Crippen molar-refractivity contribution in [2.45, 2.75) is 44.9 Å². The summed E-state index contributed by atoms with van der Waals surface area (Å²) in [5.74, 6) is 0. The number of unbranched alkanes of at least 4 members (excludes halogenated alkanes) is 1. The molecule has 0 amide bonds. The summed E-state index contributed by atoms with van der Waals surface area (Å²) in [5, 5.41) is 0. The van der Waals surface area contributed by atoms with Gasteiger partial charge in [-0.25, -0.2) is 4.21 Å². The maximum Gasteiger partial charge on any atom is 0.108 e. The highest BCUT2D eigenvalue weighted by atomic mass is 35.5. The van der Waals surface area contributed by atoms with Gasteiger partial charge in [-0.15, -0.1) is 0 Å². The highest BCUT2D eigenvalue weighted by molar-refractivity contribution is 7.90. The van der Waals surface area contributed by atoms with E-state index in [1.54, 1.807) is 0 Å². The zero-order valence-electron chi connectivity index (χ0n) is 10.6. The topological polar surface area (TPSA) is 17.1 Å². The molecule has 17 heavy (non-hydrogen) atoms. The lowest BCUT2D eigenvalue weighted by atomic mass is 10.1. The molecule has 94 valence electrons. The summed E-state index contributed by atoms with van der Waals surface area (Å²) in [4.78, 5) is 0.774. The van der Waals surface area contributed by atoms with Crippen molar-refractivity contribution in [2.75, 3.05) is 0 Å². The number of hydrogen-bond donors (Lipinski definition) is 0. The minimum Gasteiger partial charge on any atom is -0.248 e. The fourth-order valence-corrected chi connectivity index (χ4v) is 2.83. The highest BCUT2D eigenvalue weighted by Crippen LogP contribution is 2.24. The van der Waals surface area contributed by atoms with E-state index in [0.717, 1.165) is 35.3 Å². The number of allylic oxidation sites excluding steroid dienone is 1. The first kappa shape index (κ1) is 14.5. The van der Waals surface area contributed by atoms with Crippen molar-refractivity contribution in [3.05, 3.63) is 39.8 Å². The number of hydrogen-bond acceptors (Lipinski definition) is 1. The Labute approximate surface area is 111 Å². The lowest BCUT2D eigenvalue weighted by Crippen LogP contribution is -1.94. The molecule has 0 aliphatic heterocycles. The van der Waals surface area contributed by atoms with Gasteiger partial charge in [0.15, 0.2) is 0 Å². The van der Waals surface area contributed by atoms with Gasteiger partial charge >= 0.3 is 0 Å². The smallest absolute Gasteiger partial charge is 0.108 e. The van der Waals surface area contributed by atoms with Crippen LogP contribution in [0.15, 0.2) is 39.1 Å². The van der Waals surface area contributed by atoms with E-state index in [1.807, 2.05) is 38.1 Å². The van der Waals surface area contributed by atoms with Crippen LogP contribution in [0.1, 0.15) is 38.7 Å². The van der Waals surface area contributed by atoms with Crippen LogP contribution in [0.25, 0.3) is 0 Å². The molecule has 0 N–H and O–H groups in total. The number of aryl methyl sites for hydroxylation is 1. The summed E-state index contributed by atoms with van der Waals surface area (Å²) in [5.41, 5.74) is 2.20. The Balaban J connectivity index is 2.85. The van der Waals surface area contributed by atoms with Crippen LogP contribution in [0.5, 0.6) is 0 Å². The Bertz CT molecular complexity index is 420. The quantitative estimate of drug-likeness (QED) is 0.754. The Morgan fingerprint density at radius 1 is 1.29 bits per heavy atom. The zero-order valence-corrected chi connectivity index (χ0v) is 12.2. The second-order valence-corrected chi connectivity index (χ2v) is 6.26. The molecule has 0 aliphatic rings. The Morgan fingerprint density at radius 2 is 1.88 bits per heavy atom. The number of rotatable bonds is 5. The SMILES string of the molecule is CCCC/C(C)=C(\Cl)S(=O)c1ccc(C)cc1. The molecule has 0 aromatic heterocycles. The van der Waals surface area contributed by atoms with Gasteiger partial charge in [0.1, 0.15) is 4.36 Å². The average Bonchev–Trinajstić information content (AvgIpc) is 2.35. The van der Waals surface area contributed by atoms with Gasteiger partial charge < -0.3 is 0 Å².